The minimum Gasteiger partial charge on any atom is -0.480 e. The van der Waals surface area contributed by atoms with Crippen molar-refractivity contribution in [1.29, 1.82) is 0 Å². The van der Waals surface area contributed by atoms with Gasteiger partial charge in [0.15, 0.2) is 5.96 Å². The van der Waals surface area contributed by atoms with Gasteiger partial charge in [0.1, 0.15) is 18.1 Å². The number of carbonyl (C=O) groups is 4. The molecule has 13 heteroatoms. The number of carboxylic acids is 1. The Morgan fingerprint density at radius 3 is 2.50 bits per heavy atom. The van der Waals surface area contributed by atoms with Crippen molar-refractivity contribution in [2.45, 2.75) is 56.8 Å². The molecule has 4 atom stereocenters. The number of likely N-dealkylation sites (tertiary alicyclic amines) is 1. The molecule has 0 saturated carbocycles. The van der Waals surface area contributed by atoms with Crippen LogP contribution in [-0.2, 0) is 19.2 Å². The van der Waals surface area contributed by atoms with Gasteiger partial charge in [-0.2, -0.15) is 0 Å². The zero-order valence-electron chi connectivity index (χ0n) is 16.9. The van der Waals surface area contributed by atoms with Gasteiger partial charge in [0, 0.05) is 13.1 Å². The molecule has 4 unspecified atom stereocenters. The van der Waals surface area contributed by atoms with Crippen LogP contribution >= 0.6 is 0 Å². The average molecular weight is 429 g/mol. The molecule has 0 aromatic heterocycles. The second-order valence-corrected chi connectivity index (χ2v) is 7.08. The molecule has 0 bridgehead atoms. The fraction of sp³-hybridized carbons (Fsp3) is 0.706. The Balaban J connectivity index is 2.62. The number of amides is 3. The van der Waals surface area contributed by atoms with E-state index in [1.165, 1.54) is 11.8 Å². The fourth-order valence-electron chi connectivity index (χ4n) is 2.97. The van der Waals surface area contributed by atoms with Crippen LogP contribution in [0, 0.1) is 0 Å². The van der Waals surface area contributed by atoms with Gasteiger partial charge in [0.05, 0.1) is 12.6 Å². The Labute approximate surface area is 174 Å². The van der Waals surface area contributed by atoms with Crippen molar-refractivity contribution in [3.8, 4) is 0 Å². The number of aliphatic imine (C=N–C) groups is 1. The summed E-state index contributed by atoms with van der Waals surface area (Å²) in [5.41, 5.74) is 15.9. The summed E-state index contributed by atoms with van der Waals surface area (Å²) in [5.74, 6) is -3.08. The summed E-state index contributed by atoms with van der Waals surface area (Å²) < 4.78 is 0. The number of nitrogens with zero attached hydrogens (tertiary/aromatic N) is 2. The first-order valence-corrected chi connectivity index (χ1v) is 9.64. The van der Waals surface area contributed by atoms with E-state index in [1.807, 2.05) is 0 Å². The van der Waals surface area contributed by atoms with E-state index in [4.69, 9.17) is 17.2 Å². The summed E-state index contributed by atoms with van der Waals surface area (Å²) in [6.07, 6.45) is 0.321. The van der Waals surface area contributed by atoms with Crippen LogP contribution in [0.1, 0.15) is 32.6 Å². The largest absolute Gasteiger partial charge is 0.480 e. The minimum atomic E-state index is -1.21. The Bertz CT molecular complexity index is 665. The molecule has 1 fully saturated rings. The number of aliphatic hydroxyl groups is 1. The molecule has 0 aromatic rings. The number of nitrogens with one attached hydrogen (secondary N) is 2. The third-order valence-electron chi connectivity index (χ3n) is 4.67. The average Bonchev–Trinajstić information content (AvgIpc) is 3.16. The van der Waals surface area contributed by atoms with Crippen molar-refractivity contribution < 1.29 is 29.4 Å². The molecule has 1 saturated heterocycles. The van der Waals surface area contributed by atoms with Crippen LogP contribution in [0.4, 0.5) is 0 Å². The third kappa shape index (κ3) is 7.83. The smallest absolute Gasteiger partial charge is 0.326 e. The maximum Gasteiger partial charge on any atom is 0.326 e. The Morgan fingerprint density at radius 2 is 1.93 bits per heavy atom. The second kappa shape index (κ2) is 11.9. The number of carboxylic acid groups (broad SMARTS) is 1. The number of carbonyl (C=O) groups excluding carboxylic acids is 3. The lowest BCUT2D eigenvalue weighted by molar-refractivity contribution is -0.144. The summed E-state index contributed by atoms with van der Waals surface area (Å²) in [6, 6.07) is -3.15. The summed E-state index contributed by atoms with van der Waals surface area (Å²) in [5, 5.41) is 23.4. The van der Waals surface area contributed by atoms with E-state index in [9.17, 15) is 29.4 Å². The van der Waals surface area contributed by atoms with E-state index >= 15 is 0 Å². The molecule has 1 aliphatic heterocycles. The van der Waals surface area contributed by atoms with Crippen LogP contribution in [0.25, 0.3) is 0 Å². The van der Waals surface area contributed by atoms with Gasteiger partial charge < -0.3 is 42.9 Å². The maximum absolute atomic E-state index is 12.6. The van der Waals surface area contributed by atoms with Gasteiger partial charge in [0.2, 0.25) is 17.7 Å². The van der Waals surface area contributed by atoms with Gasteiger partial charge in [-0.05, 0) is 32.6 Å². The highest BCUT2D eigenvalue weighted by Crippen LogP contribution is 2.18. The van der Waals surface area contributed by atoms with E-state index in [2.05, 4.69) is 15.6 Å². The highest BCUT2D eigenvalue weighted by Gasteiger charge is 2.35. The van der Waals surface area contributed by atoms with Crippen molar-refractivity contribution >= 4 is 29.7 Å². The monoisotopic (exact) mass is 429 g/mol. The van der Waals surface area contributed by atoms with E-state index < -0.39 is 47.9 Å². The van der Waals surface area contributed by atoms with Crippen molar-refractivity contribution in [3.05, 3.63) is 0 Å². The fourth-order valence-corrected chi connectivity index (χ4v) is 2.97. The molecule has 10 N–H and O–H groups in total. The molecule has 0 aliphatic carbocycles. The highest BCUT2D eigenvalue weighted by molar-refractivity contribution is 5.93. The van der Waals surface area contributed by atoms with E-state index in [1.54, 1.807) is 0 Å². The number of hydrogen-bond donors (Lipinski definition) is 7. The zero-order chi connectivity index (χ0) is 22.8. The lowest BCUT2D eigenvalue weighted by atomic mass is 10.1. The quantitative estimate of drug-likeness (QED) is 0.0977. The van der Waals surface area contributed by atoms with Gasteiger partial charge in [-0.15, -0.1) is 0 Å². The molecule has 1 heterocycles. The lowest BCUT2D eigenvalue weighted by Gasteiger charge is -2.26. The summed E-state index contributed by atoms with van der Waals surface area (Å²) in [7, 11) is 0. The minimum absolute atomic E-state index is 0.104. The SMILES string of the molecule is CC(O)C(N)C(=O)NCC(=O)N1CCCC1C(=O)NC(CCCN=C(N)N)C(=O)O. The van der Waals surface area contributed by atoms with Crippen LogP contribution in [0.15, 0.2) is 4.99 Å². The molecule has 1 aliphatic rings. The third-order valence-corrected chi connectivity index (χ3v) is 4.67. The molecule has 30 heavy (non-hydrogen) atoms. The molecule has 0 aromatic carbocycles. The first-order chi connectivity index (χ1) is 14.0. The van der Waals surface area contributed by atoms with Crippen molar-refractivity contribution in [1.82, 2.24) is 15.5 Å². The number of aliphatic hydroxyl groups excluding tert-OH is 1. The maximum atomic E-state index is 12.6. The van der Waals surface area contributed by atoms with Crippen molar-refractivity contribution in [2.75, 3.05) is 19.6 Å². The Morgan fingerprint density at radius 1 is 1.27 bits per heavy atom. The standard InChI is InChI=1S/C17H31N7O6/c1-9(25)13(18)15(28)22-8-12(26)24-7-3-5-11(24)14(27)23-10(16(29)30)4-2-6-21-17(19)20/h9-11,13,25H,2-8,18H2,1H3,(H,22,28)(H,23,27)(H,29,30)(H4,19,20,21). The first kappa shape index (κ1) is 25.1. The summed E-state index contributed by atoms with van der Waals surface area (Å²) in [4.78, 5) is 53.3. The first-order valence-electron chi connectivity index (χ1n) is 9.64. The predicted octanol–water partition coefficient (Wildman–Crippen LogP) is -3.58. The Hall–Kier alpha value is -2.93. The number of nitrogens with two attached hydrogens (primary N) is 3. The molecule has 1 rings (SSSR count). The van der Waals surface area contributed by atoms with E-state index in [0.29, 0.717) is 25.8 Å². The van der Waals surface area contributed by atoms with Gasteiger partial charge in [-0.3, -0.25) is 19.4 Å². The molecular weight excluding hydrogens is 398 g/mol. The van der Waals surface area contributed by atoms with Crippen LogP contribution in [0.2, 0.25) is 0 Å². The van der Waals surface area contributed by atoms with Crippen LogP contribution in [0.3, 0.4) is 0 Å². The predicted molar refractivity (Wildman–Crippen MR) is 107 cm³/mol. The zero-order valence-corrected chi connectivity index (χ0v) is 16.9. The topological polar surface area (TPSA) is 226 Å². The summed E-state index contributed by atoms with van der Waals surface area (Å²) in [6.45, 7) is 1.49. The van der Waals surface area contributed by atoms with Crippen LogP contribution in [0.5, 0.6) is 0 Å². The number of aliphatic carboxylic acids is 1. The molecule has 13 nitrogen and oxygen atoms in total. The normalized spacial score (nSPS) is 18.8. The molecule has 3 amide bonds. The van der Waals surface area contributed by atoms with Gasteiger partial charge in [0.25, 0.3) is 0 Å². The molecular formula is C17H31N7O6. The van der Waals surface area contributed by atoms with Gasteiger partial charge in [-0.25, -0.2) is 4.79 Å². The number of hydrogen-bond acceptors (Lipinski definition) is 7. The van der Waals surface area contributed by atoms with Gasteiger partial charge >= 0.3 is 5.97 Å². The number of guanidine groups is 1. The Kier molecular flexibility index (Phi) is 9.98. The highest BCUT2D eigenvalue weighted by atomic mass is 16.4. The van der Waals surface area contributed by atoms with E-state index in [0.717, 1.165) is 0 Å². The van der Waals surface area contributed by atoms with Crippen molar-refractivity contribution in [2.24, 2.45) is 22.2 Å². The second-order valence-electron chi connectivity index (χ2n) is 7.08. The lowest BCUT2D eigenvalue weighted by Crippen LogP contribution is -2.54. The molecule has 0 radical (unpaired) electrons. The van der Waals surface area contributed by atoms with Crippen LogP contribution < -0.4 is 27.8 Å². The number of rotatable bonds is 11. The van der Waals surface area contributed by atoms with Crippen LogP contribution in [-0.4, -0.2) is 88.6 Å². The van der Waals surface area contributed by atoms with E-state index in [-0.39, 0.29) is 25.5 Å². The molecule has 170 valence electrons. The summed E-state index contributed by atoms with van der Waals surface area (Å²) >= 11 is 0. The van der Waals surface area contributed by atoms with Gasteiger partial charge in [-0.1, -0.05) is 0 Å². The van der Waals surface area contributed by atoms with Crippen molar-refractivity contribution in [3.63, 3.8) is 0 Å². The molecule has 0 spiro atoms.